The van der Waals surface area contributed by atoms with Crippen LogP contribution in [0, 0.1) is 5.82 Å². The average Bonchev–Trinajstić information content (AvgIpc) is 3.45. The lowest BCUT2D eigenvalue weighted by Gasteiger charge is -2.12. The molecule has 1 fully saturated rings. The molecule has 2 aromatic carbocycles. The van der Waals surface area contributed by atoms with Crippen molar-refractivity contribution in [2.24, 2.45) is 0 Å². The topological polar surface area (TPSA) is 83.7 Å². The fourth-order valence-electron chi connectivity index (χ4n) is 3.04. The van der Waals surface area contributed by atoms with Crippen molar-refractivity contribution in [1.29, 1.82) is 0 Å². The summed E-state index contributed by atoms with van der Waals surface area (Å²) in [5.41, 5.74) is 0.955. The van der Waals surface area contributed by atoms with Crippen LogP contribution >= 0.6 is 0 Å². The zero-order chi connectivity index (χ0) is 20.9. The van der Waals surface area contributed by atoms with Gasteiger partial charge in [-0.2, -0.15) is 0 Å². The number of hydrogen-bond acceptors (Lipinski definition) is 7. The molecule has 1 aliphatic rings. The molecule has 0 aliphatic carbocycles. The first-order valence-corrected chi connectivity index (χ1v) is 9.73. The van der Waals surface area contributed by atoms with Gasteiger partial charge in [-0.05, 0) is 68.3 Å². The summed E-state index contributed by atoms with van der Waals surface area (Å²) in [5.74, 6) is 0.162. The van der Waals surface area contributed by atoms with Crippen LogP contribution in [0.3, 0.4) is 0 Å². The molecule has 3 aromatic rings. The Kier molecular flexibility index (Phi) is 6.04. The molecule has 156 valence electrons. The molecule has 4 rings (SSSR count). The Morgan fingerprint density at radius 3 is 2.63 bits per heavy atom. The Morgan fingerprint density at radius 1 is 1.17 bits per heavy atom. The number of rotatable bonds is 7. The van der Waals surface area contributed by atoms with Crippen LogP contribution in [0.1, 0.15) is 42.1 Å². The molecule has 1 saturated heterocycles. The molecule has 2 heterocycles. The zero-order valence-electron chi connectivity index (χ0n) is 16.4. The molecular formula is C22H21FN2O5. The van der Waals surface area contributed by atoms with Crippen LogP contribution in [0.4, 0.5) is 4.39 Å². The Balaban J connectivity index is 1.33. The summed E-state index contributed by atoms with van der Waals surface area (Å²) in [7, 11) is 0. The monoisotopic (exact) mass is 412 g/mol. The van der Waals surface area contributed by atoms with Crippen LogP contribution in [0.25, 0.3) is 11.5 Å². The van der Waals surface area contributed by atoms with E-state index in [0.29, 0.717) is 23.5 Å². The number of hydrogen-bond donors (Lipinski definition) is 0. The van der Waals surface area contributed by atoms with Gasteiger partial charge in [0.2, 0.25) is 5.89 Å². The van der Waals surface area contributed by atoms with E-state index in [1.807, 2.05) is 0 Å². The fraction of sp³-hybridized carbons (Fsp3) is 0.318. The third-order valence-electron chi connectivity index (χ3n) is 4.71. The van der Waals surface area contributed by atoms with E-state index >= 15 is 0 Å². The van der Waals surface area contributed by atoms with Gasteiger partial charge in [-0.3, -0.25) is 0 Å². The molecule has 7 nitrogen and oxygen atoms in total. The van der Waals surface area contributed by atoms with E-state index in [1.54, 1.807) is 31.2 Å². The smallest absolute Gasteiger partial charge is 0.338 e. The molecule has 2 atom stereocenters. The molecule has 0 radical (unpaired) electrons. The largest absolute Gasteiger partial charge is 0.491 e. The molecule has 1 aliphatic heterocycles. The van der Waals surface area contributed by atoms with Crippen LogP contribution < -0.4 is 4.74 Å². The summed E-state index contributed by atoms with van der Waals surface area (Å²) in [6, 6.07) is 12.4. The molecule has 8 heteroatoms. The van der Waals surface area contributed by atoms with Gasteiger partial charge in [0.1, 0.15) is 18.2 Å². The van der Waals surface area contributed by atoms with Gasteiger partial charge >= 0.3 is 5.97 Å². The van der Waals surface area contributed by atoms with E-state index in [0.717, 1.165) is 19.4 Å². The lowest BCUT2D eigenvalue weighted by atomic mass is 10.2. The van der Waals surface area contributed by atoms with Gasteiger partial charge in [0.05, 0.1) is 11.7 Å². The van der Waals surface area contributed by atoms with Crippen molar-refractivity contribution in [1.82, 2.24) is 10.2 Å². The van der Waals surface area contributed by atoms with Crippen molar-refractivity contribution >= 4 is 5.97 Å². The molecule has 1 aromatic heterocycles. The molecule has 0 bridgehead atoms. The Hall–Kier alpha value is -3.26. The minimum absolute atomic E-state index is 0.129. The Labute approximate surface area is 172 Å². The predicted molar refractivity (Wildman–Crippen MR) is 104 cm³/mol. The van der Waals surface area contributed by atoms with Crippen molar-refractivity contribution in [3.63, 3.8) is 0 Å². The number of esters is 1. The predicted octanol–water partition coefficient (Wildman–Crippen LogP) is 4.35. The first-order chi connectivity index (χ1) is 14.6. The second kappa shape index (κ2) is 9.04. The fourth-order valence-corrected chi connectivity index (χ4v) is 3.04. The van der Waals surface area contributed by atoms with Gasteiger partial charge < -0.3 is 18.6 Å². The maximum absolute atomic E-state index is 13.0. The highest BCUT2D eigenvalue weighted by Gasteiger charge is 2.20. The summed E-state index contributed by atoms with van der Waals surface area (Å²) < 4.78 is 35.2. The third-order valence-corrected chi connectivity index (χ3v) is 4.71. The highest BCUT2D eigenvalue weighted by molar-refractivity contribution is 5.89. The number of aromatic nitrogens is 2. The normalized spacial score (nSPS) is 16.9. The van der Waals surface area contributed by atoms with E-state index in [4.69, 9.17) is 18.6 Å². The van der Waals surface area contributed by atoms with Gasteiger partial charge in [-0.15, -0.1) is 10.2 Å². The van der Waals surface area contributed by atoms with Gasteiger partial charge in [-0.1, -0.05) is 0 Å². The van der Waals surface area contributed by atoms with Crippen LogP contribution in [0.15, 0.2) is 52.9 Å². The van der Waals surface area contributed by atoms with E-state index in [9.17, 15) is 9.18 Å². The lowest BCUT2D eigenvalue weighted by molar-refractivity contribution is 0.0279. The van der Waals surface area contributed by atoms with Crippen molar-refractivity contribution in [2.75, 3.05) is 13.2 Å². The quantitative estimate of drug-likeness (QED) is 0.534. The Morgan fingerprint density at radius 2 is 1.93 bits per heavy atom. The van der Waals surface area contributed by atoms with Gasteiger partial charge in [0.25, 0.3) is 5.89 Å². The second-order valence-corrected chi connectivity index (χ2v) is 6.97. The van der Waals surface area contributed by atoms with Crippen LogP contribution in [0.5, 0.6) is 5.75 Å². The average molecular weight is 412 g/mol. The standard InChI is InChI=1S/C22H21FN2O5/c1-14(20-24-25-21(30-20)15-4-8-17(23)9-5-15)29-22(26)16-6-10-18(11-7-16)28-13-19-3-2-12-27-19/h4-11,14,19H,2-3,12-13H2,1H3/t14-,19+/m1/s1. The molecule has 0 unspecified atom stereocenters. The Bertz CT molecular complexity index is 982. The van der Waals surface area contributed by atoms with Gasteiger partial charge in [-0.25, -0.2) is 9.18 Å². The second-order valence-electron chi connectivity index (χ2n) is 6.97. The molecule has 0 N–H and O–H groups in total. The summed E-state index contributed by atoms with van der Waals surface area (Å²) in [6.07, 6.45) is 1.45. The van der Waals surface area contributed by atoms with E-state index in [2.05, 4.69) is 10.2 Å². The summed E-state index contributed by atoms with van der Waals surface area (Å²) in [5, 5.41) is 7.84. The van der Waals surface area contributed by atoms with Crippen LogP contribution in [0.2, 0.25) is 0 Å². The maximum Gasteiger partial charge on any atom is 0.338 e. The third kappa shape index (κ3) is 4.83. The SMILES string of the molecule is C[C@@H](OC(=O)c1ccc(OC[C@@H]2CCCO2)cc1)c1nnc(-c2ccc(F)cc2)o1. The van der Waals surface area contributed by atoms with E-state index in [-0.39, 0.29) is 23.7 Å². The molecule has 30 heavy (non-hydrogen) atoms. The number of ether oxygens (including phenoxy) is 3. The number of carbonyl (C=O) groups excluding carboxylic acids is 1. The highest BCUT2D eigenvalue weighted by Crippen LogP contribution is 2.24. The van der Waals surface area contributed by atoms with Gasteiger partial charge in [0.15, 0.2) is 6.10 Å². The van der Waals surface area contributed by atoms with Crippen LogP contribution in [-0.4, -0.2) is 35.5 Å². The summed E-state index contributed by atoms with van der Waals surface area (Å²) >= 11 is 0. The number of halogens is 1. The minimum atomic E-state index is -0.741. The summed E-state index contributed by atoms with van der Waals surface area (Å²) in [6.45, 7) is 2.91. The molecule has 0 spiro atoms. The first kappa shape index (κ1) is 20.0. The minimum Gasteiger partial charge on any atom is -0.491 e. The number of benzene rings is 2. The van der Waals surface area contributed by atoms with Gasteiger partial charge in [0, 0.05) is 12.2 Å². The van der Waals surface area contributed by atoms with Crippen LogP contribution in [-0.2, 0) is 9.47 Å². The number of carbonyl (C=O) groups is 1. The highest BCUT2D eigenvalue weighted by atomic mass is 19.1. The van der Waals surface area contributed by atoms with Crippen molar-refractivity contribution < 1.29 is 27.8 Å². The lowest BCUT2D eigenvalue weighted by Crippen LogP contribution is -2.16. The number of nitrogens with zero attached hydrogens (tertiary/aromatic N) is 2. The molecule has 0 saturated carbocycles. The first-order valence-electron chi connectivity index (χ1n) is 9.73. The van der Waals surface area contributed by atoms with Crippen molar-refractivity contribution in [3.8, 4) is 17.2 Å². The van der Waals surface area contributed by atoms with E-state index < -0.39 is 12.1 Å². The zero-order valence-corrected chi connectivity index (χ0v) is 16.4. The maximum atomic E-state index is 13.0. The molecular weight excluding hydrogens is 391 g/mol. The van der Waals surface area contributed by atoms with Crippen molar-refractivity contribution in [3.05, 3.63) is 65.8 Å². The molecule has 0 amide bonds. The summed E-state index contributed by atoms with van der Waals surface area (Å²) in [4.78, 5) is 12.4. The van der Waals surface area contributed by atoms with Crippen molar-refractivity contribution in [2.45, 2.75) is 32.0 Å². The van der Waals surface area contributed by atoms with E-state index in [1.165, 1.54) is 24.3 Å².